The molecule has 7 heteroatoms. The first kappa shape index (κ1) is 15.4. The van der Waals surface area contributed by atoms with Gasteiger partial charge in [0.25, 0.3) is 0 Å². The van der Waals surface area contributed by atoms with Crippen molar-refractivity contribution in [2.75, 3.05) is 17.0 Å². The summed E-state index contributed by atoms with van der Waals surface area (Å²) in [6.45, 7) is 4.42. The number of hydrogen-bond donors (Lipinski definition) is 2. The number of benzene rings is 1. The molecule has 1 aromatic heterocycles. The van der Waals surface area contributed by atoms with Crippen LogP contribution < -0.4 is 4.72 Å². The molecule has 0 bridgehead atoms. The van der Waals surface area contributed by atoms with E-state index in [2.05, 4.69) is 14.7 Å². The lowest BCUT2D eigenvalue weighted by atomic mass is 10.2. The lowest BCUT2D eigenvalue weighted by Crippen LogP contribution is -2.24. The molecule has 1 atom stereocenters. The smallest absolute Gasteiger partial charge is 0.235 e. The summed E-state index contributed by atoms with van der Waals surface area (Å²) >= 11 is 1.72. The Labute approximate surface area is 134 Å². The van der Waals surface area contributed by atoms with E-state index >= 15 is 0 Å². The Hall–Kier alpha value is -1.47. The van der Waals surface area contributed by atoms with Crippen LogP contribution in [0.4, 0.5) is 5.69 Å². The summed E-state index contributed by atoms with van der Waals surface area (Å²) in [7, 11) is -3.37. The van der Waals surface area contributed by atoms with Crippen molar-refractivity contribution < 1.29 is 8.42 Å². The highest BCUT2D eigenvalue weighted by Crippen LogP contribution is 2.28. The molecule has 0 saturated carbocycles. The van der Waals surface area contributed by atoms with E-state index < -0.39 is 15.3 Å². The summed E-state index contributed by atoms with van der Waals surface area (Å²) in [6.07, 6.45) is 0.578. The van der Waals surface area contributed by atoms with Gasteiger partial charge in [0.2, 0.25) is 10.0 Å². The second-order valence-electron chi connectivity index (χ2n) is 5.35. The van der Waals surface area contributed by atoms with E-state index in [0.29, 0.717) is 12.1 Å². The molecule has 1 aliphatic heterocycles. The van der Waals surface area contributed by atoms with Crippen LogP contribution in [-0.2, 0) is 10.0 Å². The molecule has 5 nitrogen and oxygen atoms in total. The van der Waals surface area contributed by atoms with E-state index in [1.54, 1.807) is 24.8 Å². The molecule has 0 radical (unpaired) electrons. The highest BCUT2D eigenvalue weighted by Gasteiger charge is 2.20. The number of aromatic nitrogens is 1. The lowest BCUT2D eigenvalue weighted by Gasteiger charge is -2.13. The number of rotatable bonds is 5. The van der Waals surface area contributed by atoms with Gasteiger partial charge in [-0.25, -0.2) is 8.42 Å². The quantitative estimate of drug-likeness (QED) is 0.880. The van der Waals surface area contributed by atoms with Crippen LogP contribution in [0.2, 0.25) is 0 Å². The minimum Gasteiger partial charge on any atom is -0.351 e. The van der Waals surface area contributed by atoms with Gasteiger partial charge in [-0.2, -0.15) is 0 Å². The molecule has 22 heavy (non-hydrogen) atoms. The van der Waals surface area contributed by atoms with Gasteiger partial charge in [0.05, 0.1) is 22.1 Å². The van der Waals surface area contributed by atoms with Crippen molar-refractivity contribution in [3.8, 4) is 0 Å². The van der Waals surface area contributed by atoms with Crippen LogP contribution in [0.1, 0.15) is 26.0 Å². The standard InChI is InChI=1S/C15H19N3O2S2/c1-3-10(2)22(19,20)18-12-6-4-5-11-9-13(17-14(11)12)15-16-7-8-21-15/h4-6,9-10,17-18H,3,7-8H2,1-2H3. The van der Waals surface area contributed by atoms with Crippen LogP contribution in [-0.4, -0.2) is 36.0 Å². The Morgan fingerprint density at radius 2 is 2.27 bits per heavy atom. The van der Waals surface area contributed by atoms with Crippen LogP contribution in [0.25, 0.3) is 10.9 Å². The van der Waals surface area contributed by atoms with Crippen molar-refractivity contribution in [2.45, 2.75) is 25.5 Å². The van der Waals surface area contributed by atoms with E-state index in [-0.39, 0.29) is 0 Å². The van der Waals surface area contributed by atoms with Gasteiger partial charge < -0.3 is 4.98 Å². The number of thioether (sulfide) groups is 1. The number of nitrogens with zero attached hydrogens (tertiary/aromatic N) is 1. The molecule has 2 aromatic rings. The fourth-order valence-corrected chi connectivity index (χ4v) is 4.27. The molecule has 1 unspecified atom stereocenters. The van der Waals surface area contributed by atoms with Gasteiger partial charge in [-0.3, -0.25) is 9.71 Å². The molecule has 0 aliphatic carbocycles. The third-order valence-corrected chi connectivity index (χ3v) is 6.74. The van der Waals surface area contributed by atoms with E-state index in [0.717, 1.165) is 33.9 Å². The van der Waals surface area contributed by atoms with Crippen molar-refractivity contribution >= 4 is 43.4 Å². The summed E-state index contributed by atoms with van der Waals surface area (Å²) in [5.41, 5.74) is 2.35. The first-order valence-corrected chi connectivity index (χ1v) is 9.85. The van der Waals surface area contributed by atoms with Crippen LogP contribution in [0, 0.1) is 0 Å². The summed E-state index contributed by atoms with van der Waals surface area (Å²) < 4.78 is 27.3. The molecule has 0 spiro atoms. The SMILES string of the molecule is CCC(C)S(=O)(=O)Nc1cccc2cc(C3=NCCS3)[nH]c12. The predicted octanol–water partition coefficient (Wildman–Crippen LogP) is 3.20. The first-order chi connectivity index (χ1) is 10.5. The minimum atomic E-state index is -3.37. The van der Waals surface area contributed by atoms with Gasteiger partial charge in [0.15, 0.2) is 0 Å². The van der Waals surface area contributed by atoms with Gasteiger partial charge in [0.1, 0.15) is 5.04 Å². The molecule has 0 saturated heterocycles. The number of aromatic amines is 1. The lowest BCUT2D eigenvalue weighted by molar-refractivity contribution is 0.586. The summed E-state index contributed by atoms with van der Waals surface area (Å²) in [6, 6.07) is 7.63. The van der Waals surface area contributed by atoms with E-state index in [1.165, 1.54) is 0 Å². The Balaban J connectivity index is 2.00. The third-order valence-electron chi connectivity index (χ3n) is 3.83. The van der Waals surface area contributed by atoms with Gasteiger partial charge in [-0.15, -0.1) is 11.8 Å². The van der Waals surface area contributed by atoms with Crippen molar-refractivity contribution in [3.05, 3.63) is 30.0 Å². The Morgan fingerprint density at radius 3 is 2.95 bits per heavy atom. The molecule has 118 valence electrons. The maximum absolute atomic E-state index is 12.3. The second-order valence-corrected chi connectivity index (χ2v) is 8.54. The van der Waals surface area contributed by atoms with E-state index in [4.69, 9.17) is 0 Å². The van der Waals surface area contributed by atoms with Crippen molar-refractivity contribution in [1.29, 1.82) is 0 Å². The zero-order chi connectivity index (χ0) is 15.7. The van der Waals surface area contributed by atoms with Crippen molar-refractivity contribution in [1.82, 2.24) is 4.98 Å². The number of para-hydroxylation sites is 1. The summed E-state index contributed by atoms with van der Waals surface area (Å²) in [4.78, 5) is 7.76. The number of anilines is 1. The Morgan fingerprint density at radius 1 is 1.45 bits per heavy atom. The molecule has 0 amide bonds. The Bertz CT molecular complexity index is 824. The molecule has 2 heterocycles. The maximum atomic E-state index is 12.3. The predicted molar refractivity (Wildman–Crippen MR) is 94.5 cm³/mol. The van der Waals surface area contributed by atoms with Crippen LogP contribution in [0.5, 0.6) is 0 Å². The topological polar surface area (TPSA) is 74.3 Å². The molecular weight excluding hydrogens is 318 g/mol. The average molecular weight is 337 g/mol. The zero-order valence-corrected chi connectivity index (χ0v) is 14.2. The van der Waals surface area contributed by atoms with Gasteiger partial charge in [0, 0.05) is 17.7 Å². The highest BCUT2D eigenvalue weighted by molar-refractivity contribution is 8.14. The van der Waals surface area contributed by atoms with Gasteiger partial charge >= 0.3 is 0 Å². The number of fused-ring (bicyclic) bond motifs is 1. The average Bonchev–Trinajstić information content (AvgIpc) is 3.14. The fraction of sp³-hybridized carbons (Fsp3) is 0.400. The van der Waals surface area contributed by atoms with E-state index in [1.807, 2.05) is 25.1 Å². The minimum absolute atomic E-state index is 0.424. The molecular formula is C15H19N3O2S2. The van der Waals surface area contributed by atoms with Crippen LogP contribution in [0.15, 0.2) is 29.3 Å². The molecule has 0 fully saturated rings. The summed E-state index contributed by atoms with van der Waals surface area (Å²) in [5, 5.41) is 1.55. The van der Waals surface area contributed by atoms with Crippen molar-refractivity contribution in [2.24, 2.45) is 4.99 Å². The van der Waals surface area contributed by atoms with Crippen LogP contribution in [0.3, 0.4) is 0 Å². The monoisotopic (exact) mass is 337 g/mol. The molecule has 1 aromatic carbocycles. The largest absolute Gasteiger partial charge is 0.351 e. The molecule has 2 N–H and O–H groups in total. The fourth-order valence-electron chi connectivity index (χ4n) is 2.33. The normalized spacial score (nSPS) is 16.7. The maximum Gasteiger partial charge on any atom is 0.235 e. The van der Waals surface area contributed by atoms with Crippen molar-refractivity contribution in [3.63, 3.8) is 0 Å². The Kier molecular flexibility index (Phi) is 4.18. The first-order valence-electron chi connectivity index (χ1n) is 7.32. The number of H-pyrrole nitrogens is 1. The highest BCUT2D eigenvalue weighted by atomic mass is 32.2. The second kappa shape index (κ2) is 5.96. The third kappa shape index (κ3) is 2.87. The number of sulfonamides is 1. The van der Waals surface area contributed by atoms with Gasteiger partial charge in [-0.05, 0) is 25.5 Å². The number of hydrogen-bond acceptors (Lipinski definition) is 4. The summed E-state index contributed by atoms with van der Waals surface area (Å²) in [5.74, 6) is 0.998. The number of nitrogens with one attached hydrogen (secondary N) is 2. The number of aliphatic imine (C=N–C) groups is 1. The molecule has 1 aliphatic rings. The van der Waals surface area contributed by atoms with E-state index in [9.17, 15) is 8.42 Å². The van der Waals surface area contributed by atoms with Crippen LogP contribution >= 0.6 is 11.8 Å². The zero-order valence-electron chi connectivity index (χ0n) is 12.6. The molecule has 3 rings (SSSR count). The van der Waals surface area contributed by atoms with Gasteiger partial charge in [-0.1, -0.05) is 19.1 Å².